The van der Waals surface area contributed by atoms with Crippen LogP contribution >= 0.6 is 11.6 Å². The van der Waals surface area contributed by atoms with Gasteiger partial charge in [0.05, 0.1) is 6.61 Å². The van der Waals surface area contributed by atoms with Crippen LogP contribution in [0, 0.1) is 0 Å². The van der Waals surface area contributed by atoms with Gasteiger partial charge in [0.2, 0.25) is 0 Å². The lowest BCUT2D eigenvalue weighted by Gasteiger charge is -2.23. The number of methoxy groups -OCH3 is 1. The topological polar surface area (TPSA) is 38.8 Å². The molecule has 1 heterocycles. The summed E-state index contributed by atoms with van der Waals surface area (Å²) in [5.74, 6) is -0.312. The predicted octanol–water partition coefficient (Wildman–Crippen LogP) is 3.01. The van der Waals surface area contributed by atoms with E-state index in [4.69, 9.17) is 21.1 Å². The third kappa shape index (κ3) is 5.44. The van der Waals surface area contributed by atoms with Gasteiger partial charge in [0, 0.05) is 30.8 Å². The molecule has 120 valence electrons. The second kappa shape index (κ2) is 8.93. The van der Waals surface area contributed by atoms with Crippen molar-refractivity contribution in [1.82, 2.24) is 4.90 Å². The molecule has 0 aromatic heterocycles. The molecule has 0 aliphatic carbocycles. The van der Waals surface area contributed by atoms with Crippen LogP contribution in [0.3, 0.4) is 0 Å². The maximum atomic E-state index is 11.8. The van der Waals surface area contributed by atoms with E-state index >= 15 is 0 Å². The van der Waals surface area contributed by atoms with E-state index in [0.29, 0.717) is 24.3 Å². The smallest absolute Gasteiger partial charge is 0.330 e. The Morgan fingerprint density at radius 1 is 1.41 bits per heavy atom. The highest BCUT2D eigenvalue weighted by Gasteiger charge is 2.24. The van der Waals surface area contributed by atoms with Crippen molar-refractivity contribution >= 4 is 23.6 Å². The number of benzene rings is 1. The number of rotatable bonds is 7. The van der Waals surface area contributed by atoms with Crippen LogP contribution in [0.5, 0.6) is 0 Å². The Balaban J connectivity index is 1.76. The largest absolute Gasteiger partial charge is 0.461 e. The molecule has 1 atom stereocenters. The summed E-state index contributed by atoms with van der Waals surface area (Å²) in [6.07, 6.45) is 5.40. The van der Waals surface area contributed by atoms with Crippen molar-refractivity contribution < 1.29 is 14.3 Å². The van der Waals surface area contributed by atoms with Gasteiger partial charge in [-0.1, -0.05) is 23.7 Å². The number of hydrogen-bond donors (Lipinski definition) is 0. The summed E-state index contributed by atoms with van der Waals surface area (Å²) in [7, 11) is 1.70. The monoisotopic (exact) mass is 323 g/mol. The highest BCUT2D eigenvalue weighted by molar-refractivity contribution is 6.30. The standard InChI is InChI=1S/C17H22ClNO3/c1-21-12-11-19-10-2-3-16(19)13-22-17(20)9-6-14-4-7-15(18)8-5-14/h4-9,16H,2-3,10-13H2,1H3/b9-6+. The number of halogens is 1. The highest BCUT2D eigenvalue weighted by Crippen LogP contribution is 2.17. The third-order valence-corrected chi connectivity index (χ3v) is 4.03. The minimum absolute atomic E-state index is 0.308. The van der Waals surface area contributed by atoms with E-state index in [2.05, 4.69) is 4.90 Å². The number of likely N-dealkylation sites (tertiary alicyclic amines) is 1. The number of carbonyl (C=O) groups is 1. The summed E-state index contributed by atoms with van der Waals surface area (Å²) in [5.41, 5.74) is 0.920. The highest BCUT2D eigenvalue weighted by atomic mass is 35.5. The molecule has 22 heavy (non-hydrogen) atoms. The number of nitrogens with zero attached hydrogens (tertiary/aromatic N) is 1. The Labute approximate surface area is 136 Å². The second-order valence-corrected chi connectivity index (χ2v) is 5.78. The molecule has 4 nitrogen and oxygen atoms in total. The summed E-state index contributed by atoms with van der Waals surface area (Å²) in [6, 6.07) is 7.60. The first-order valence-corrected chi connectivity index (χ1v) is 7.90. The Morgan fingerprint density at radius 2 is 2.18 bits per heavy atom. The lowest BCUT2D eigenvalue weighted by atomic mass is 10.2. The van der Waals surface area contributed by atoms with Crippen LogP contribution in [0.4, 0.5) is 0 Å². The molecule has 0 radical (unpaired) electrons. The molecule has 1 saturated heterocycles. The first-order valence-electron chi connectivity index (χ1n) is 7.52. The molecular weight excluding hydrogens is 302 g/mol. The predicted molar refractivity (Wildman–Crippen MR) is 87.9 cm³/mol. The normalized spacial score (nSPS) is 18.9. The summed E-state index contributed by atoms with van der Waals surface area (Å²) in [4.78, 5) is 14.1. The van der Waals surface area contributed by atoms with Gasteiger partial charge in [0.15, 0.2) is 0 Å². The zero-order valence-corrected chi connectivity index (χ0v) is 13.6. The van der Waals surface area contributed by atoms with E-state index in [-0.39, 0.29) is 5.97 Å². The fraction of sp³-hybridized carbons (Fsp3) is 0.471. The minimum atomic E-state index is -0.312. The molecule has 1 aliphatic rings. The van der Waals surface area contributed by atoms with Gasteiger partial charge in [-0.3, -0.25) is 4.90 Å². The molecular formula is C17H22ClNO3. The molecule has 2 rings (SSSR count). The molecule has 0 spiro atoms. The van der Waals surface area contributed by atoms with Gasteiger partial charge in [-0.05, 0) is 43.2 Å². The maximum absolute atomic E-state index is 11.8. The van der Waals surface area contributed by atoms with Crippen molar-refractivity contribution in [3.8, 4) is 0 Å². The Bertz CT molecular complexity index is 501. The molecule has 1 aromatic rings. The van der Waals surface area contributed by atoms with Gasteiger partial charge >= 0.3 is 5.97 Å². The van der Waals surface area contributed by atoms with Gasteiger partial charge in [-0.15, -0.1) is 0 Å². The van der Waals surface area contributed by atoms with E-state index in [0.717, 1.165) is 31.5 Å². The minimum Gasteiger partial charge on any atom is -0.461 e. The average Bonchev–Trinajstić information content (AvgIpc) is 2.97. The van der Waals surface area contributed by atoms with Gasteiger partial charge in [0.1, 0.15) is 6.61 Å². The average molecular weight is 324 g/mol. The van der Waals surface area contributed by atoms with Crippen LogP contribution in [0.1, 0.15) is 18.4 Å². The van der Waals surface area contributed by atoms with Crippen LogP contribution < -0.4 is 0 Å². The summed E-state index contributed by atoms with van der Waals surface area (Å²) in [5, 5.41) is 0.678. The molecule has 5 heteroatoms. The van der Waals surface area contributed by atoms with Gasteiger partial charge in [-0.25, -0.2) is 4.79 Å². The van der Waals surface area contributed by atoms with Crippen LogP contribution in [0.15, 0.2) is 30.3 Å². The molecule has 1 aliphatic heterocycles. The van der Waals surface area contributed by atoms with Gasteiger partial charge in [0.25, 0.3) is 0 Å². The Morgan fingerprint density at radius 3 is 2.91 bits per heavy atom. The molecule has 0 saturated carbocycles. The lowest BCUT2D eigenvalue weighted by molar-refractivity contribution is -0.139. The lowest BCUT2D eigenvalue weighted by Crippen LogP contribution is -2.36. The molecule has 0 bridgehead atoms. The van der Waals surface area contributed by atoms with Crippen LogP contribution in [0.25, 0.3) is 6.08 Å². The fourth-order valence-corrected chi connectivity index (χ4v) is 2.68. The second-order valence-electron chi connectivity index (χ2n) is 5.34. The van der Waals surface area contributed by atoms with E-state index < -0.39 is 0 Å². The molecule has 0 N–H and O–H groups in total. The Kier molecular flexibility index (Phi) is 6.90. The first kappa shape index (κ1) is 17.0. The van der Waals surface area contributed by atoms with E-state index in [1.165, 1.54) is 6.08 Å². The molecule has 1 unspecified atom stereocenters. The van der Waals surface area contributed by atoms with Crippen molar-refractivity contribution in [2.75, 3.05) is 33.4 Å². The summed E-state index contributed by atoms with van der Waals surface area (Å²) in [6.45, 7) is 3.08. The van der Waals surface area contributed by atoms with Crippen LogP contribution in [-0.2, 0) is 14.3 Å². The number of ether oxygens (including phenoxy) is 2. The van der Waals surface area contributed by atoms with Crippen molar-refractivity contribution in [3.05, 3.63) is 40.9 Å². The summed E-state index contributed by atoms with van der Waals surface area (Å²) >= 11 is 5.82. The third-order valence-electron chi connectivity index (χ3n) is 3.78. The van der Waals surface area contributed by atoms with Gasteiger partial charge in [-0.2, -0.15) is 0 Å². The number of carbonyl (C=O) groups excluding carboxylic acids is 1. The quantitative estimate of drug-likeness (QED) is 0.571. The zero-order chi connectivity index (χ0) is 15.8. The van der Waals surface area contributed by atoms with Crippen molar-refractivity contribution in [3.63, 3.8) is 0 Å². The van der Waals surface area contributed by atoms with E-state index in [1.54, 1.807) is 25.3 Å². The summed E-state index contributed by atoms with van der Waals surface area (Å²) < 4.78 is 10.5. The van der Waals surface area contributed by atoms with Crippen molar-refractivity contribution in [2.45, 2.75) is 18.9 Å². The van der Waals surface area contributed by atoms with E-state index in [1.807, 2.05) is 12.1 Å². The number of esters is 1. The maximum Gasteiger partial charge on any atom is 0.330 e. The van der Waals surface area contributed by atoms with Crippen molar-refractivity contribution in [1.29, 1.82) is 0 Å². The SMILES string of the molecule is COCCN1CCCC1COC(=O)/C=C/c1ccc(Cl)cc1. The molecule has 1 aromatic carbocycles. The zero-order valence-electron chi connectivity index (χ0n) is 12.8. The first-order chi connectivity index (χ1) is 10.7. The van der Waals surface area contributed by atoms with Gasteiger partial charge < -0.3 is 9.47 Å². The van der Waals surface area contributed by atoms with Crippen molar-refractivity contribution in [2.24, 2.45) is 0 Å². The number of hydrogen-bond acceptors (Lipinski definition) is 4. The fourth-order valence-electron chi connectivity index (χ4n) is 2.55. The van der Waals surface area contributed by atoms with Crippen LogP contribution in [-0.4, -0.2) is 50.3 Å². The van der Waals surface area contributed by atoms with E-state index in [9.17, 15) is 4.79 Å². The molecule has 0 amide bonds. The van der Waals surface area contributed by atoms with Crippen LogP contribution in [0.2, 0.25) is 5.02 Å². The molecule has 1 fully saturated rings. The Hall–Kier alpha value is -1.36.